The van der Waals surface area contributed by atoms with E-state index >= 15 is 0 Å². The molecule has 0 saturated carbocycles. The van der Waals surface area contributed by atoms with Crippen LogP contribution < -0.4 is 16.4 Å². The first-order valence-corrected chi connectivity index (χ1v) is 7.94. The highest BCUT2D eigenvalue weighted by Gasteiger charge is 2.40. The van der Waals surface area contributed by atoms with E-state index in [0.29, 0.717) is 11.4 Å². The summed E-state index contributed by atoms with van der Waals surface area (Å²) in [6, 6.07) is 6.66. The number of carbonyl (C=O) groups excluding carboxylic acids is 2. The van der Waals surface area contributed by atoms with Crippen LogP contribution in [0.25, 0.3) is 0 Å². The lowest BCUT2D eigenvalue weighted by molar-refractivity contribution is -0.128. The van der Waals surface area contributed by atoms with E-state index in [2.05, 4.69) is 10.6 Å². The lowest BCUT2D eigenvalue weighted by atomic mass is 9.92. The summed E-state index contributed by atoms with van der Waals surface area (Å²) < 4.78 is 0. The number of hydrogen-bond donors (Lipinski definition) is 3. The Balaban J connectivity index is 0.00000264. The first-order valence-electron chi connectivity index (χ1n) is 7.56. The summed E-state index contributed by atoms with van der Waals surface area (Å²) in [5.74, 6) is -0.547. The molecule has 1 saturated heterocycles. The normalized spacial score (nSPS) is 21.3. The van der Waals surface area contributed by atoms with Crippen LogP contribution in [-0.2, 0) is 9.59 Å². The van der Waals surface area contributed by atoms with E-state index in [4.69, 9.17) is 17.3 Å². The molecule has 1 aliphatic rings. The Morgan fingerprint density at radius 1 is 1.48 bits per heavy atom. The minimum absolute atomic E-state index is 0. The molecule has 23 heavy (non-hydrogen) atoms. The molecular weight excluding hydrogens is 337 g/mol. The van der Waals surface area contributed by atoms with Gasteiger partial charge in [-0.2, -0.15) is 0 Å². The van der Waals surface area contributed by atoms with E-state index in [0.717, 1.165) is 24.9 Å². The number of primary amides is 1. The Hall–Kier alpha value is -1.30. The van der Waals surface area contributed by atoms with Crippen LogP contribution in [0.1, 0.15) is 44.2 Å². The average molecular weight is 360 g/mol. The summed E-state index contributed by atoms with van der Waals surface area (Å²) in [4.78, 5) is 24.0. The molecule has 0 radical (unpaired) electrons. The predicted octanol–water partition coefficient (Wildman–Crippen LogP) is 2.33. The number of carbonyl (C=O) groups is 2. The summed E-state index contributed by atoms with van der Waals surface area (Å²) >= 11 is 6.00. The van der Waals surface area contributed by atoms with Crippen molar-refractivity contribution in [2.45, 2.75) is 44.2 Å². The molecule has 7 heteroatoms. The molecule has 2 atom stereocenters. The second-order valence-corrected chi connectivity index (χ2v) is 6.15. The SMILES string of the molecule is CCC1(C(=O)N[C@H](CC(N)=O)c2cccc(Cl)c2)CCCN1.Cl. The van der Waals surface area contributed by atoms with Gasteiger partial charge in [0.2, 0.25) is 11.8 Å². The number of hydrogen-bond acceptors (Lipinski definition) is 3. The number of halogens is 2. The monoisotopic (exact) mass is 359 g/mol. The molecule has 1 heterocycles. The van der Waals surface area contributed by atoms with Crippen molar-refractivity contribution in [1.29, 1.82) is 0 Å². The van der Waals surface area contributed by atoms with Crippen molar-refractivity contribution in [3.63, 3.8) is 0 Å². The topological polar surface area (TPSA) is 84.2 Å². The third-order valence-corrected chi connectivity index (χ3v) is 4.48. The van der Waals surface area contributed by atoms with Gasteiger partial charge in [-0.1, -0.05) is 30.7 Å². The fourth-order valence-corrected chi connectivity index (χ4v) is 3.13. The highest BCUT2D eigenvalue weighted by Crippen LogP contribution is 2.26. The lowest BCUT2D eigenvalue weighted by Gasteiger charge is -2.29. The van der Waals surface area contributed by atoms with Crippen LogP contribution in [0.4, 0.5) is 0 Å². The molecule has 2 rings (SSSR count). The first kappa shape index (κ1) is 19.7. The molecule has 1 aromatic rings. The van der Waals surface area contributed by atoms with Gasteiger partial charge in [-0.25, -0.2) is 0 Å². The standard InChI is InChI=1S/C16H22ClN3O2.ClH/c1-2-16(7-4-8-19-16)15(22)20-13(10-14(18)21)11-5-3-6-12(17)9-11;/h3,5-6,9,13,19H,2,4,7-8,10H2,1H3,(H2,18,21)(H,20,22);1H/t13-,16?;/m1./s1. The number of nitrogens with two attached hydrogens (primary N) is 1. The maximum Gasteiger partial charge on any atom is 0.240 e. The van der Waals surface area contributed by atoms with Crippen molar-refractivity contribution in [2.75, 3.05) is 6.54 Å². The molecule has 1 aromatic carbocycles. The zero-order valence-corrected chi connectivity index (χ0v) is 14.7. The molecule has 2 amide bonds. The van der Waals surface area contributed by atoms with E-state index in [9.17, 15) is 9.59 Å². The van der Waals surface area contributed by atoms with E-state index in [1.54, 1.807) is 18.2 Å². The molecule has 1 aliphatic heterocycles. The molecule has 0 aliphatic carbocycles. The maximum atomic E-state index is 12.7. The van der Waals surface area contributed by atoms with Crippen LogP contribution in [-0.4, -0.2) is 23.9 Å². The highest BCUT2D eigenvalue weighted by molar-refractivity contribution is 6.30. The summed E-state index contributed by atoms with van der Waals surface area (Å²) in [5, 5.41) is 6.81. The minimum atomic E-state index is -0.547. The number of rotatable bonds is 6. The zero-order chi connectivity index (χ0) is 16.2. The Morgan fingerprint density at radius 3 is 2.74 bits per heavy atom. The molecule has 0 bridgehead atoms. The Morgan fingerprint density at radius 2 is 2.22 bits per heavy atom. The average Bonchev–Trinajstić information content (AvgIpc) is 2.96. The van der Waals surface area contributed by atoms with Crippen molar-refractivity contribution in [1.82, 2.24) is 10.6 Å². The molecule has 4 N–H and O–H groups in total. The van der Waals surface area contributed by atoms with Crippen molar-refractivity contribution in [3.05, 3.63) is 34.9 Å². The van der Waals surface area contributed by atoms with Gasteiger partial charge in [-0.3, -0.25) is 9.59 Å². The van der Waals surface area contributed by atoms with Crippen LogP contribution in [0.5, 0.6) is 0 Å². The molecule has 5 nitrogen and oxygen atoms in total. The maximum absolute atomic E-state index is 12.7. The molecule has 1 fully saturated rings. The lowest BCUT2D eigenvalue weighted by Crippen LogP contribution is -2.54. The van der Waals surface area contributed by atoms with E-state index in [1.807, 2.05) is 13.0 Å². The quantitative estimate of drug-likeness (QED) is 0.728. The number of benzene rings is 1. The highest BCUT2D eigenvalue weighted by atomic mass is 35.5. The van der Waals surface area contributed by atoms with Gasteiger partial charge >= 0.3 is 0 Å². The van der Waals surface area contributed by atoms with Gasteiger partial charge in [0.05, 0.1) is 18.0 Å². The van der Waals surface area contributed by atoms with Crippen LogP contribution in [0.15, 0.2) is 24.3 Å². The summed E-state index contributed by atoms with van der Waals surface area (Å²) in [5.41, 5.74) is 5.56. The Bertz CT molecular complexity index is 560. The van der Waals surface area contributed by atoms with Crippen molar-refractivity contribution in [3.8, 4) is 0 Å². The van der Waals surface area contributed by atoms with Crippen LogP contribution in [0.2, 0.25) is 5.02 Å². The van der Waals surface area contributed by atoms with E-state index in [1.165, 1.54) is 0 Å². The first-order chi connectivity index (χ1) is 10.5. The molecular formula is C16H23Cl2N3O2. The van der Waals surface area contributed by atoms with Gasteiger partial charge in [0, 0.05) is 5.02 Å². The van der Waals surface area contributed by atoms with Crippen molar-refractivity contribution >= 4 is 35.8 Å². The Kier molecular flexibility index (Phi) is 7.32. The largest absolute Gasteiger partial charge is 0.370 e. The number of nitrogens with one attached hydrogen (secondary N) is 2. The molecule has 0 spiro atoms. The minimum Gasteiger partial charge on any atom is -0.370 e. The summed E-state index contributed by atoms with van der Waals surface area (Å²) in [6.07, 6.45) is 2.52. The van der Waals surface area contributed by atoms with Gasteiger partial charge in [-0.05, 0) is 43.5 Å². The third-order valence-electron chi connectivity index (χ3n) is 4.24. The molecule has 0 aromatic heterocycles. The zero-order valence-electron chi connectivity index (χ0n) is 13.1. The van der Waals surface area contributed by atoms with Gasteiger partial charge in [0.15, 0.2) is 0 Å². The summed E-state index contributed by atoms with van der Waals surface area (Å²) in [7, 11) is 0. The number of amides is 2. The fourth-order valence-electron chi connectivity index (χ4n) is 2.94. The second-order valence-electron chi connectivity index (χ2n) is 5.72. The van der Waals surface area contributed by atoms with Crippen molar-refractivity contribution < 1.29 is 9.59 Å². The van der Waals surface area contributed by atoms with Gasteiger partial charge in [0.1, 0.15) is 0 Å². The predicted molar refractivity (Wildman–Crippen MR) is 93.7 cm³/mol. The van der Waals surface area contributed by atoms with Crippen LogP contribution in [0, 0.1) is 0 Å². The van der Waals surface area contributed by atoms with Gasteiger partial charge < -0.3 is 16.4 Å². The van der Waals surface area contributed by atoms with Crippen LogP contribution >= 0.6 is 24.0 Å². The van der Waals surface area contributed by atoms with Gasteiger partial charge in [0.25, 0.3) is 0 Å². The van der Waals surface area contributed by atoms with Crippen LogP contribution in [0.3, 0.4) is 0 Å². The van der Waals surface area contributed by atoms with Gasteiger partial charge in [-0.15, -0.1) is 12.4 Å². The van der Waals surface area contributed by atoms with Crippen molar-refractivity contribution in [2.24, 2.45) is 5.73 Å². The Labute approximate surface area is 147 Å². The summed E-state index contributed by atoms with van der Waals surface area (Å²) in [6.45, 7) is 2.82. The molecule has 1 unspecified atom stereocenters. The third kappa shape index (κ3) is 4.83. The molecule has 128 valence electrons. The van der Waals surface area contributed by atoms with E-state index in [-0.39, 0.29) is 24.7 Å². The second kappa shape index (κ2) is 8.52. The smallest absolute Gasteiger partial charge is 0.240 e. The fraction of sp³-hybridized carbons (Fsp3) is 0.500. The van der Waals surface area contributed by atoms with E-state index < -0.39 is 17.5 Å².